The quantitative estimate of drug-likeness (QED) is 0.687. The number of carbonyl (C=O) groups excluding carboxylic acids is 1. The Hall–Kier alpha value is -1.93. The van der Waals surface area contributed by atoms with Crippen LogP contribution in [-0.4, -0.2) is 28.5 Å². The highest BCUT2D eigenvalue weighted by atomic mass is 35.5. The largest absolute Gasteiger partial charge is 0.459 e. The molecule has 0 aliphatic rings. The maximum atomic E-state index is 14.3. The molecule has 0 aliphatic heterocycles. The number of benzene rings is 1. The van der Waals surface area contributed by atoms with Gasteiger partial charge < -0.3 is 9.47 Å². The van der Waals surface area contributed by atoms with Gasteiger partial charge in [-0.05, 0) is 26.0 Å². The summed E-state index contributed by atoms with van der Waals surface area (Å²) in [4.78, 5) is 12.1. The molecular formula is C15H13Cl2F3N2O3. The lowest BCUT2D eigenvalue weighted by Gasteiger charge is -2.11. The zero-order valence-corrected chi connectivity index (χ0v) is 14.8. The van der Waals surface area contributed by atoms with E-state index in [2.05, 4.69) is 9.84 Å². The van der Waals surface area contributed by atoms with Crippen molar-refractivity contribution in [2.24, 2.45) is 7.05 Å². The molecular weight excluding hydrogens is 384 g/mol. The molecule has 2 aromatic rings. The van der Waals surface area contributed by atoms with Crippen molar-refractivity contribution in [2.75, 3.05) is 0 Å². The van der Waals surface area contributed by atoms with Crippen LogP contribution in [0.15, 0.2) is 12.1 Å². The summed E-state index contributed by atoms with van der Waals surface area (Å²) in [7, 11) is 1.30. The van der Waals surface area contributed by atoms with E-state index >= 15 is 0 Å². The molecule has 0 atom stereocenters. The van der Waals surface area contributed by atoms with Crippen LogP contribution >= 0.6 is 23.2 Å². The summed E-state index contributed by atoms with van der Waals surface area (Å²) >= 11 is 11.9. The van der Waals surface area contributed by atoms with Crippen LogP contribution in [0, 0.1) is 5.82 Å². The molecule has 1 heterocycles. The lowest BCUT2D eigenvalue weighted by atomic mass is 10.1. The third-order valence-electron chi connectivity index (χ3n) is 3.01. The van der Waals surface area contributed by atoms with Gasteiger partial charge >= 0.3 is 12.6 Å². The van der Waals surface area contributed by atoms with E-state index in [1.807, 2.05) is 0 Å². The average Bonchev–Trinajstić information content (AvgIpc) is 2.74. The fraction of sp³-hybridized carbons (Fsp3) is 0.333. The van der Waals surface area contributed by atoms with E-state index in [4.69, 9.17) is 27.9 Å². The first-order valence-corrected chi connectivity index (χ1v) is 7.75. The second-order valence-corrected chi connectivity index (χ2v) is 6.02. The summed E-state index contributed by atoms with van der Waals surface area (Å²) in [6.45, 7) is 0.145. The minimum atomic E-state index is -3.13. The average molecular weight is 397 g/mol. The van der Waals surface area contributed by atoms with Crippen LogP contribution in [0.3, 0.4) is 0 Å². The van der Waals surface area contributed by atoms with E-state index in [1.54, 1.807) is 13.8 Å². The number of rotatable bonds is 5. The zero-order chi connectivity index (χ0) is 18.9. The number of hydrogen-bond donors (Lipinski definition) is 0. The highest BCUT2D eigenvalue weighted by Crippen LogP contribution is 2.38. The standard InChI is InChI=1S/C15H13Cl2F3N2O3/c1-6(2)24-14(23)7-4-8(10(18)5-9(7)16)12-11(17)13(22(3)21-12)25-15(19)20/h4-6,15H,1-3H3. The van der Waals surface area contributed by atoms with Crippen LogP contribution in [0.25, 0.3) is 11.3 Å². The summed E-state index contributed by atoms with van der Waals surface area (Å²) in [6.07, 6.45) is -0.415. The van der Waals surface area contributed by atoms with Crippen LogP contribution < -0.4 is 4.74 Å². The van der Waals surface area contributed by atoms with Crippen molar-refractivity contribution >= 4 is 29.2 Å². The smallest absolute Gasteiger partial charge is 0.388 e. The van der Waals surface area contributed by atoms with Crippen molar-refractivity contribution in [2.45, 2.75) is 26.6 Å². The number of esters is 1. The second kappa shape index (κ2) is 7.53. The van der Waals surface area contributed by atoms with Crippen LogP contribution in [-0.2, 0) is 11.8 Å². The molecule has 10 heteroatoms. The van der Waals surface area contributed by atoms with Gasteiger partial charge in [0.15, 0.2) is 0 Å². The van der Waals surface area contributed by atoms with Gasteiger partial charge in [-0.15, -0.1) is 0 Å². The Morgan fingerprint density at radius 3 is 2.48 bits per heavy atom. The van der Waals surface area contributed by atoms with Gasteiger partial charge in [0.05, 0.1) is 16.7 Å². The second-order valence-electron chi connectivity index (χ2n) is 5.24. The predicted octanol–water partition coefficient (Wildman–Crippen LogP) is 4.70. The summed E-state index contributed by atoms with van der Waals surface area (Å²) in [5.41, 5.74) is -0.484. The minimum absolute atomic E-state index is 0.107. The zero-order valence-electron chi connectivity index (χ0n) is 13.3. The van der Waals surface area contributed by atoms with Gasteiger partial charge in [-0.1, -0.05) is 23.2 Å². The molecule has 2 rings (SSSR count). The highest BCUT2D eigenvalue weighted by Gasteiger charge is 2.25. The normalized spacial score (nSPS) is 11.3. The molecule has 1 aromatic heterocycles. The molecule has 5 nitrogen and oxygen atoms in total. The predicted molar refractivity (Wildman–Crippen MR) is 85.8 cm³/mol. The minimum Gasteiger partial charge on any atom is -0.459 e. The Bertz CT molecular complexity index is 810. The van der Waals surface area contributed by atoms with E-state index in [9.17, 15) is 18.0 Å². The number of alkyl halides is 2. The Labute approximate surface area is 151 Å². The number of ether oxygens (including phenoxy) is 2. The van der Waals surface area contributed by atoms with Crippen LogP contribution in [0.4, 0.5) is 13.2 Å². The van der Waals surface area contributed by atoms with Gasteiger partial charge in [-0.2, -0.15) is 13.9 Å². The van der Waals surface area contributed by atoms with E-state index in [0.717, 1.165) is 16.8 Å². The van der Waals surface area contributed by atoms with Gasteiger partial charge in [0, 0.05) is 12.6 Å². The van der Waals surface area contributed by atoms with E-state index < -0.39 is 30.4 Å². The third kappa shape index (κ3) is 4.19. The molecule has 0 bridgehead atoms. The number of carbonyl (C=O) groups is 1. The maximum Gasteiger partial charge on any atom is 0.388 e. The summed E-state index contributed by atoms with van der Waals surface area (Å²) in [5.74, 6) is -2.04. The summed E-state index contributed by atoms with van der Waals surface area (Å²) < 4.78 is 49.4. The maximum absolute atomic E-state index is 14.3. The molecule has 0 fully saturated rings. The molecule has 0 amide bonds. The number of nitrogens with zero attached hydrogens (tertiary/aromatic N) is 2. The number of halogens is 5. The Morgan fingerprint density at radius 1 is 1.28 bits per heavy atom. The van der Waals surface area contributed by atoms with Gasteiger partial charge in [-0.3, -0.25) is 0 Å². The van der Waals surface area contributed by atoms with Gasteiger partial charge in [0.1, 0.15) is 16.5 Å². The fourth-order valence-electron chi connectivity index (χ4n) is 2.03. The summed E-state index contributed by atoms with van der Waals surface area (Å²) in [5, 5.41) is 3.39. The molecule has 25 heavy (non-hydrogen) atoms. The Kier molecular flexibility index (Phi) is 5.84. The third-order valence-corrected chi connectivity index (χ3v) is 3.67. The van der Waals surface area contributed by atoms with Crippen LogP contribution in [0.1, 0.15) is 24.2 Å². The summed E-state index contributed by atoms with van der Waals surface area (Å²) in [6, 6.07) is 2.00. The molecule has 1 aromatic carbocycles. The molecule has 136 valence electrons. The first kappa shape index (κ1) is 19.4. The molecule has 0 saturated carbocycles. The highest BCUT2D eigenvalue weighted by molar-refractivity contribution is 6.35. The number of hydrogen-bond acceptors (Lipinski definition) is 4. The van der Waals surface area contributed by atoms with E-state index in [0.29, 0.717) is 0 Å². The Balaban J connectivity index is 2.55. The van der Waals surface area contributed by atoms with Crippen LogP contribution in [0.5, 0.6) is 5.88 Å². The van der Waals surface area contributed by atoms with E-state index in [-0.39, 0.29) is 26.9 Å². The molecule has 0 radical (unpaired) electrons. The lowest BCUT2D eigenvalue weighted by Crippen LogP contribution is -2.12. The molecule has 0 saturated heterocycles. The molecule has 0 spiro atoms. The number of aromatic nitrogens is 2. The number of aryl methyl sites for hydroxylation is 1. The van der Waals surface area contributed by atoms with Crippen molar-refractivity contribution in [1.82, 2.24) is 9.78 Å². The lowest BCUT2D eigenvalue weighted by molar-refractivity contribution is -0.0552. The first-order valence-electron chi connectivity index (χ1n) is 6.99. The molecule has 0 N–H and O–H groups in total. The van der Waals surface area contributed by atoms with Crippen molar-refractivity contribution in [3.05, 3.63) is 33.6 Å². The Morgan fingerprint density at radius 2 is 1.92 bits per heavy atom. The van der Waals surface area contributed by atoms with Gasteiger partial charge in [0.2, 0.25) is 5.88 Å². The SMILES string of the molecule is CC(C)OC(=O)c1cc(-c2nn(C)c(OC(F)F)c2Cl)c(F)cc1Cl. The molecule has 0 unspecified atom stereocenters. The van der Waals surface area contributed by atoms with Crippen molar-refractivity contribution in [3.63, 3.8) is 0 Å². The van der Waals surface area contributed by atoms with Crippen molar-refractivity contribution in [1.29, 1.82) is 0 Å². The van der Waals surface area contributed by atoms with E-state index in [1.165, 1.54) is 7.05 Å². The topological polar surface area (TPSA) is 53.3 Å². The first-order chi connectivity index (χ1) is 11.6. The molecule has 0 aliphatic carbocycles. The van der Waals surface area contributed by atoms with Crippen molar-refractivity contribution in [3.8, 4) is 17.1 Å². The van der Waals surface area contributed by atoms with Gasteiger partial charge in [0.25, 0.3) is 0 Å². The fourth-order valence-corrected chi connectivity index (χ4v) is 2.57. The van der Waals surface area contributed by atoms with Crippen molar-refractivity contribution < 1.29 is 27.4 Å². The monoisotopic (exact) mass is 396 g/mol. The van der Waals surface area contributed by atoms with Gasteiger partial charge in [-0.25, -0.2) is 13.9 Å². The van der Waals surface area contributed by atoms with Crippen LogP contribution in [0.2, 0.25) is 10.0 Å².